The number of nitrogens with zero attached hydrogens (tertiary/aromatic N) is 5. The summed E-state index contributed by atoms with van der Waals surface area (Å²) in [6.45, 7) is 1.59. The van der Waals surface area contributed by atoms with E-state index in [-0.39, 0.29) is 41.1 Å². The lowest BCUT2D eigenvalue weighted by Crippen LogP contribution is -2.32. The molecule has 0 radical (unpaired) electrons. The Balaban J connectivity index is 0.00000289. The van der Waals surface area contributed by atoms with Gasteiger partial charge in [0.1, 0.15) is 29.2 Å². The third-order valence-electron chi connectivity index (χ3n) is 5.88. The Labute approximate surface area is 206 Å². The number of nitrogens with one attached hydrogen (secondary N) is 2. The van der Waals surface area contributed by atoms with Gasteiger partial charge in [-0.1, -0.05) is 6.07 Å². The zero-order valence-corrected chi connectivity index (χ0v) is 19.3. The van der Waals surface area contributed by atoms with Crippen LogP contribution >= 0.6 is 12.4 Å². The minimum atomic E-state index is -0.635. The van der Waals surface area contributed by atoms with Crippen molar-refractivity contribution < 1.29 is 9.18 Å². The molecule has 0 aliphatic carbocycles. The Morgan fingerprint density at radius 2 is 2.14 bits per heavy atom. The lowest BCUT2D eigenvalue weighted by atomic mass is 10.0. The van der Waals surface area contributed by atoms with E-state index in [1.165, 1.54) is 18.3 Å². The summed E-state index contributed by atoms with van der Waals surface area (Å²) in [6.07, 6.45) is 4.79. The largest absolute Gasteiger partial charge is 0.383 e. The van der Waals surface area contributed by atoms with Gasteiger partial charge >= 0.3 is 0 Å². The summed E-state index contributed by atoms with van der Waals surface area (Å²) in [5, 5.41) is 20.8. The Morgan fingerprint density at radius 1 is 1.29 bits per heavy atom. The van der Waals surface area contributed by atoms with Crippen molar-refractivity contribution in [1.82, 2.24) is 25.1 Å². The van der Waals surface area contributed by atoms with Gasteiger partial charge in [-0.15, -0.1) is 12.4 Å². The van der Waals surface area contributed by atoms with E-state index in [2.05, 4.69) is 26.7 Å². The number of hydrogen-bond acceptors (Lipinski definition) is 7. The van der Waals surface area contributed by atoms with Gasteiger partial charge in [0.25, 0.3) is 5.91 Å². The smallest absolute Gasteiger partial charge is 0.256 e. The normalized spacial score (nSPS) is 15.3. The van der Waals surface area contributed by atoms with Crippen LogP contribution in [-0.4, -0.2) is 38.7 Å². The van der Waals surface area contributed by atoms with E-state index in [1.807, 2.05) is 0 Å². The molecule has 1 aliphatic heterocycles. The highest BCUT2D eigenvalue weighted by Crippen LogP contribution is 2.36. The van der Waals surface area contributed by atoms with Crippen LogP contribution in [0.4, 0.5) is 16.0 Å². The van der Waals surface area contributed by atoms with Crippen LogP contribution in [0.25, 0.3) is 22.2 Å². The van der Waals surface area contributed by atoms with Crippen molar-refractivity contribution in [3.05, 3.63) is 65.7 Å². The molecule has 0 unspecified atom stereocenters. The number of benzene rings is 1. The number of anilines is 2. The fraction of sp³-hybridized carbons (Fsp3) is 0.208. The lowest BCUT2D eigenvalue weighted by Gasteiger charge is -2.24. The third-order valence-corrected chi connectivity index (χ3v) is 5.88. The summed E-state index contributed by atoms with van der Waals surface area (Å²) in [5.74, 6) is -0.592. The van der Waals surface area contributed by atoms with E-state index >= 15 is 4.39 Å². The zero-order chi connectivity index (χ0) is 23.7. The molecule has 4 aromatic rings. The minimum absolute atomic E-state index is 0. The molecule has 35 heavy (non-hydrogen) atoms. The summed E-state index contributed by atoms with van der Waals surface area (Å²) in [5.41, 5.74) is 7.64. The molecule has 0 bridgehead atoms. The molecular weight excluding hydrogens is 471 g/mol. The molecule has 0 spiro atoms. The highest BCUT2D eigenvalue weighted by molar-refractivity contribution is 6.05. The molecule has 11 heteroatoms. The molecule has 1 amide bonds. The summed E-state index contributed by atoms with van der Waals surface area (Å²) in [4.78, 5) is 20.8. The second-order valence-corrected chi connectivity index (χ2v) is 8.05. The van der Waals surface area contributed by atoms with Crippen molar-refractivity contribution in [2.75, 3.05) is 24.1 Å². The van der Waals surface area contributed by atoms with Gasteiger partial charge in [0.05, 0.1) is 22.5 Å². The third kappa shape index (κ3) is 4.51. The van der Waals surface area contributed by atoms with Crippen LogP contribution in [0.1, 0.15) is 34.8 Å². The van der Waals surface area contributed by atoms with Crippen molar-refractivity contribution in [3.63, 3.8) is 0 Å². The van der Waals surface area contributed by atoms with E-state index in [0.717, 1.165) is 25.5 Å². The first-order chi connectivity index (χ1) is 16.6. The van der Waals surface area contributed by atoms with E-state index in [1.54, 1.807) is 29.1 Å². The Kier molecular flexibility index (Phi) is 6.91. The summed E-state index contributed by atoms with van der Waals surface area (Å²) in [7, 11) is 0. The summed E-state index contributed by atoms with van der Waals surface area (Å²) < 4.78 is 17.1. The fourth-order valence-corrected chi connectivity index (χ4v) is 4.25. The predicted molar refractivity (Wildman–Crippen MR) is 133 cm³/mol. The van der Waals surface area contributed by atoms with Gasteiger partial charge in [-0.3, -0.25) is 9.48 Å². The van der Waals surface area contributed by atoms with Crippen molar-refractivity contribution in [1.29, 1.82) is 5.26 Å². The van der Waals surface area contributed by atoms with Crippen molar-refractivity contribution in [2.45, 2.75) is 18.9 Å². The number of nitriles is 1. The molecule has 1 aliphatic rings. The fourth-order valence-electron chi connectivity index (χ4n) is 4.25. The first-order valence-corrected chi connectivity index (χ1v) is 10.9. The monoisotopic (exact) mass is 492 g/mol. The maximum absolute atomic E-state index is 15.3. The zero-order valence-electron chi connectivity index (χ0n) is 18.5. The number of nitrogens with two attached hydrogens (primary N) is 1. The topological polar surface area (TPSA) is 135 Å². The number of halogens is 2. The molecule has 3 aromatic heterocycles. The molecule has 9 nitrogen and oxygen atoms in total. The van der Waals surface area contributed by atoms with E-state index in [0.29, 0.717) is 28.8 Å². The minimum Gasteiger partial charge on any atom is -0.383 e. The van der Waals surface area contributed by atoms with Gasteiger partial charge in [-0.05, 0) is 49.7 Å². The van der Waals surface area contributed by atoms with Crippen molar-refractivity contribution >= 4 is 40.9 Å². The van der Waals surface area contributed by atoms with Gasteiger partial charge in [0.2, 0.25) is 0 Å². The number of amides is 1. The summed E-state index contributed by atoms with van der Waals surface area (Å²) >= 11 is 0. The highest BCUT2D eigenvalue weighted by atomic mass is 35.5. The molecule has 1 atom stereocenters. The second-order valence-electron chi connectivity index (χ2n) is 8.05. The standard InChI is InChI=1S/C24H21FN8O.ClH/c25-18-10-14(24(34)31-19-5-1-2-9-29-19)6-7-17(18)21-20-22(15(11-26)12-30-23(20)27)33(32-21)16-4-3-8-28-13-16;/h1-2,5-7,9-10,12,16,28H,3-4,8,13H2,(H2,27,30)(H,29,31,34);1H/t16-;/m1./s1. The van der Waals surface area contributed by atoms with Crippen molar-refractivity contribution in [3.8, 4) is 17.3 Å². The van der Waals surface area contributed by atoms with Gasteiger partial charge in [0.15, 0.2) is 0 Å². The van der Waals surface area contributed by atoms with Crippen LogP contribution in [0.2, 0.25) is 0 Å². The molecule has 0 saturated carbocycles. The second kappa shape index (κ2) is 10.0. The number of nitrogen functional groups attached to an aromatic ring is 1. The number of rotatable bonds is 4. The molecule has 1 fully saturated rings. The SMILES string of the molecule is Cl.N#Cc1cnc(N)c2c(-c3ccc(C(=O)Nc4ccccn4)cc3F)nn([C@@H]3CCCNC3)c12. The summed E-state index contributed by atoms with van der Waals surface area (Å²) in [6, 6.07) is 11.4. The number of carbonyl (C=O) groups is 1. The Morgan fingerprint density at radius 3 is 2.83 bits per heavy atom. The van der Waals surface area contributed by atoms with Gasteiger partial charge in [-0.2, -0.15) is 10.4 Å². The number of pyridine rings is 2. The maximum Gasteiger partial charge on any atom is 0.256 e. The molecule has 4 heterocycles. The van der Waals surface area contributed by atoms with Crippen LogP contribution in [0.15, 0.2) is 48.8 Å². The van der Waals surface area contributed by atoms with Gasteiger partial charge < -0.3 is 16.4 Å². The van der Waals surface area contributed by atoms with Gasteiger partial charge in [-0.25, -0.2) is 14.4 Å². The highest BCUT2D eigenvalue weighted by Gasteiger charge is 2.26. The molecule has 1 aromatic carbocycles. The molecule has 4 N–H and O–H groups in total. The predicted octanol–water partition coefficient (Wildman–Crippen LogP) is 3.68. The van der Waals surface area contributed by atoms with Crippen LogP contribution in [-0.2, 0) is 0 Å². The average molecular weight is 493 g/mol. The number of carbonyl (C=O) groups excluding carboxylic acids is 1. The molecular formula is C24H22ClFN8O. The first kappa shape index (κ1) is 24.1. The molecule has 5 rings (SSSR count). The van der Waals surface area contributed by atoms with Crippen LogP contribution in [0, 0.1) is 17.1 Å². The van der Waals surface area contributed by atoms with E-state index in [9.17, 15) is 10.1 Å². The number of fused-ring (bicyclic) bond motifs is 1. The Bertz CT molecular complexity index is 1430. The van der Waals surface area contributed by atoms with E-state index < -0.39 is 11.7 Å². The number of piperidine rings is 1. The quantitative estimate of drug-likeness (QED) is 0.395. The molecule has 178 valence electrons. The average Bonchev–Trinajstić information content (AvgIpc) is 3.27. The van der Waals surface area contributed by atoms with Crippen LogP contribution in [0.3, 0.4) is 0 Å². The first-order valence-electron chi connectivity index (χ1n) is 10.9. The van der Waals surface area contributed by atoms with Crippen molar-refractivity contribution in [2.24, 2.45) is 0 Å². The van der Waals surface area contributed by atoms with E-state index in [4.69, 9.17) is 10.8 Å². The number of hydrogen-bond donors (Lipinski definition) is 3. The maximum atomic E-state index is 15.3. The van der Waals surface area contributed by atoms with Crippen LogP contribution in [0.5, 0.6) is 0 Å². The van der Waals surface area contributed by atoms with Crippen LogP contribution < -0.4 is 16.4 Å². The van der Waals surface area contributed by atoms with Gasteiger partial charge in [0, 0.05) is 30.1 Å². The Hall–Kier alpha value is -4.07. The number of aromatic nitrogens is 4. The molecule has 1 saturated heterocycles. The lowest BCUT2D eigenvalue weighted by molar-refractivity contribution is 0.102.